The van der Waals surface area contributed by atoms with Gasteiger partial charge in [0.1, 0.15) is 6.33 Å². The molecule has 1 saturated heterocycles. The molecule has 4 aromatic carbocycles. The molecule has 2 aliphatic rings. The minimum absolute atomic E-state index is 0.0242. The molecular weight excluding hydrogens is 715 g/mol. The molecule has 2 aliphatic heterocycles. The van der Waals surface area contributed by atoms with Crippen molar-refractivity contribution in [2.45, 2.75) is 19.8 Å². The normalized spacial score (nSPS) is 15.4. The Morgan fingerprint density at radius 2 is 1.56 bits per heavy atom. The fourth-order valence-corrected chi connectivity index (χ4v) is 7.51. The number of imide groups is 1. The maximum absolute atomic E-state index is 13.6. The van der Waals surface area contributed by atoms with Gasteiger partial charge in [-0.25, -0.2) is 4.98 Å². The Morgan fingerprint density at radius 1 is 0.870 bits per heavy atom. The van der Waals surface area contributed by atoms with Crippen LogP contribution in [0, 0.1) is 17.0 Å². The SMILES string of the molecule is CS(=O)(=O)O.Cc1ccc2c(c1)c(=O)c1c(NCCCN3CCN(CCCN4C(=O)c5cccc6cc([N+](=O)[O-])cc(c56)C4=O)CC3)ccc3ncn2c31. The Balaban J connectivity index is 0.000000846. The highest BCUT2D eigenvalue weighted by molar-refractivity contribution is 7.85. The first-order valence-electron chi connectivity index (χ1n) is 17.6. The van der Waals surface area contributed by atoms with Crippen LogP contribution >= 0.6 is 0 Å². The number of aromatic nitrogens is 2. The van der Waals surface area contributed by atoms with E-state index in [0.717, 1.165) is 80.0 Å². The third-order valence-corrected chi connectivity index (χ3v) is 10.0. The monoisotopic (exact) mass is 753 g/mol. The Hall–Kier alpha value is -5.55. The zero-order valence-corrected chi connectivity index (χ0v) is 30.6. The summed E-state index contributed by atoms with van der Waals surface area (Å²) in [7, 11) is -3.67. The molecule has 6 aromatic rings. The quantitative estimate of drug-likeness (QED) is 0.0502. The number of pyridine rings is 1. The van der Waals surface area contributed by atoms with Gasteiger partial charge >= 0.3 is 0 Å². The predicted molar refractivity (Wildman–Crippen MR) is 206 cm³/mol. The molecule has 0 aliphatic carbocycles. The lowest BCUT2D eigenvalue weighted by Gasteiger charge is -2.35. The number of non-ortho nitro benzene ring substituents is 1. The summed E-state index contributed by atoms with van der Waals surface area (Å²) in [5, 5.41) is 17.4. The molecule has 280 valence electrons. The Labute approximate surface area is 310 Å². The van der Waals surface area contributed by atoms with E-state index in [-0.39, 0.29) is 29.1 Å². The molecule has 4 heterocycles. The highest BCUT2D eigenvalue weighted by Crippen LogP contribution is 2.34. The maximum atomic E-state index is 13.6. The number of anilines is 1. The summed E-state index contributed by atoms with van der Waals surface area (Å²) in [6, 6.07) is 17.6. The molecular formula is C38H39N7O8S. The number of hydrogen-bond donors (Lipinski definition) is 2. The van der Waals surface area contributed by atoms with Crippen LogP contribution < -0.4 is 10.7 Å². The lowest BCUT2D eigenvalue weighted by atomic mass is 9.93. The summed E-state index contributed by atoms with van der Waals surface area (Å²) >= 11 is 0. The van der Waals surface area contributed by atoms with Crippen LogP contribution in [0.2, 0.25) is 0 Å². The number of amides is 2. The first kappa shape index (κ1) is 36.8. The van der Waals surface area contributed by atoms with Crippen molar-refractivity contribution in [1.29, 1.82) is 0 Å². The molecule has 54 heavy (non-hydrogen) atoms. The molecule has 2 N–H and O–H groups in total. The van der Waals surface area contributed by atoms with Crippen LogP contribution in [-0.2, 0) is 10.1 Å². The first-order valence-corrected chi connectivity index (χ1v) is 19.5. The molecule has 0 unspecified atom stereocenters. The van der Waals surface area contributed by atoms with Gasteiger partial charge in [0.25, 0.3) is 27.6 Å². The summed E-state index contributed by atoms with van der Waals surface area (Å²) in [5.74, 6) is -0.829. The molecule has 2 amide bonds. The number of carbonyl (C=O) groups excluding carboxylic acids is 2. The fourth-order valence-electron chi connectivity index (χ4n) is 7.51. The van der Waals surface area contributed by atoms with Crippen LogP contribution in [-0.4, -0.2) is 112 Å². The highest BCUT2D eigenvalue weighted by atomic mass is 32.2. The molecule has 1 fully saturated rings. The van der Waals surface area contributed by atoms with E-state index in [1.54, 1.807) is 24.5 Å². The second-order valence-electron chi connectivity index (χ2n) is 13.8. The average Bonchev–Trinajstić information content (AvgIpc) is 3.57. The first-order chi connectivity index (χ1) is 25.8. The second-order valence-corrected chi connectivity index (χ2v) is 15.3. The number of imidazole rings is 1. The number of benzene rings is 4. The summed E-state index contributed by atoms with van der Waals surface area (Å²) in [6.07, 6.45) is 4.05. The van der Waals surface area contributed by atoms with Crippen molar-refractivity contribution in [2.24, 2.45) is 0 Å². The van der Waals surface area contributed by atoms with Gasteiger partial charge in [-0.3, -0.25) is 38.4 Å². The summed E-state index contributed by atoms with van der Waals surface area (Å²) in [5.41, 5.74) is 4.88. The third kappa shape index (κ3) is 7.33. The topological polar surface area (TPSA) is 188 Å². The van der Waals surface area contributed by atoms with Gasteiger partial charge in [0, 0.05) is 73.4 Å². The highest BCUT2D eigenvalue weighted by Gasteiger charge is 2.34. The van der Waals surface area contributed by atoms with E-state index in [1.807, 2.05) is 41.7 Å². The van der Waals surface area contributed by atoms with Gasteiger partial charge in [0.15, 0.2) is 5.43 Å². The van der Waals surface area contributed by atoms with Gasteiger partial charge < -0.3 is 15.1 Å². The van der Waals surface area contributed by atoms with Crippen molar-refractivity contribution in [3.63, 3.8) is 0 Å². The minimum Gasteiger partial charge on any atom is -0.384 e. The Kier molecular flexibility index (Phi) is 10.0. The number of nitrogens with one attached hydrogen (secondary N) is 1. The van der Waals surface area contributed by atoms with Crippen LogP contribution in [0.25, 0.3) is 38.1 Å². The zero-order chi connectivity index (χ0) is 38.3. The van der Waals surface area contributed by atoms with E-state index in [4.69, 9.17) is 4.55 Å². The Morgan fingerprint density at radius 3 is 2.26 bits per heavy atom. The number of nitrogens with zero attached hydrogens (tertiary/aromatic N) is 6. The fraction of sp³-hybridized carbons (Fsp3) is 0.316. The van der Waals surface area contributed by atoms with Crippen molar-refractivity contribution in [3.05, 3.63) is 104 Å². The number of rotatable bonds is 10. The van der Waals surface area contributed by atoms with Crippen molar-refractivity contribution in [2.75, 3.05) is 63.9 Å². The largest absolute Gasteiger partial charge is 0.384 e. The van der Waals surface area contributed by atoms with Crippen molar-refractivity contribution >= 4 is 71.4 Å². The number of aryl methyl sites for hydroxylation is 1. The Bertz CT molecular complexity index is 2610. The predicted octanol–water partition coefficient (Wildman–Crippen LogP) is 4.42. The van der Waals surface area contributed by atoms with Crippen molar-refractivity contribution < 1.29 is 27.5 Å². The molecule has 0 radical (unpaired) electrons. The summed E-state index contributed by atoms with van der Waals surface area (Å²) in [6.45, 7) is 8.29. The van der Waals surface area contributed by atoms with Crippen LogP contribution in [0.4, 0.5) is 11.4 Å². The number of nitro groups is 1. The summed E-state index contributed by atoms with van der Waals surface area (Å²) in [4.78, 5) is 61.8. The number of fused-ring (bicyclic) bond motifs is 2. The molecule has 0 atom stereocenters. The van der Waals surface area contributed by atoms with Gasteiger partial charge in [-0.2, -0.15) is 8.42 Å². The van der Waals surface area contributed by atoms with Gasteiger partial charge in [-0.1, -0.05) is 23.8 Å². The van der Waals surface area contributed by atoms with Crippen LogP contribution in [0.3, 0.4) is 0 Å². The lowest BCUT2D eigenvalue weighted by Crippen LogP contribution is -2.48. The van der Waals surface area contributed by atoms with Gasteiger partial charge in [0.05, 0.1) is 38.7 Å². The van der Waals surface area contributed by atoms with Gasteiger partial charge in [-0.15, -0.1) is 0 Å². The number of hydrogen-bond acceptors (Lipinski definition) is 11. The van der Waals surface area contributed by atoms with E-state index in [9.17, 15) is 32.9 Å². The van der Waals surface area contributed by atoms with Crippen LogP contribution in [0.1, 0.15) is 39.1 Å². The number of nitro benzene ring substituents is 1. The van der Waals surface area contributed by atoms with Crippen LogP contribution in [0.5, 0.6) is 0 Å². The number of piperazine rings is 1. The smallest absolute Gasteiger partial charge is 0.270 e. The van der Waals surface area contributed by atoms with Crippen LogP contribution in [0.15, 0.2) is 71.8 Å². The molecule has 0 spiro atoms. The standard InChI is InChI=1S/C37H35N7O5.CH4O3S/c1-23-7-10-31-27(19-23)35(45)33-29(8-9-30-34(33)43(31)22-39-30)38-11-3-12-40-15-17-41(18-16-40)13-4-14-42-36(46)26-6-2-5-24-20-25(44(48)49)21-28(32(24)26)37(42)47;1-5(2,3)4/h2,5-10,19-22,38H,3-4,11-18H2,1H3;1H3,(H,2,3,4). The maximum Gasteiger partial charge on any atom is 0.270 e. The van der Waals surface area contributed by atoms with Crippen molar-refractivity contribution in [1.82, 2.24) is 24.1 Å². The lowest BCUT2D eigenvalue weighted by molar-refractivity contribution is -0.384. The van der Waals surface area contributed by atoms with Gasteiger partial charge in [0.2, 0.25) is 0 Å². The molecule has 8 rings (SSSR count). The number of carbonyl (C=O) groups is 2. The molecule has 0 bridgehead atoms. The van der Waals surface area contributed by atoms with Gasteiger partial charge in [-0.05, 0) is 68.6 Å². The molecule has 16 heteroatoms. The molecule has 15 nitrogen and oxygen atoms in total. The van der Waals surface area contributed by atoms with E-state index in [1.165, 1.54) is 17.0 Å². The minimum atomic E-state index is -3.67. The van der Waals surface area contributed by atoms with E-state index < -0.39 is 20.9 Å². The molecule has 0 saturated carbocycles. The van der Waals surface area contributed by atoms with E-state index in [2.05, 4.69) is 20.1 Å². The molecule has 2 aromatic heterocycles. The average molecular weight is 754 g/mol. The summed E-state index contributed by atoms with van der Waals surface area (Å²) < 4.78 is 27.9. The van der Waals surface area contributed by atoms with Crippen molar-refractivity contribution in [3.8, 4) is 0 Å². The second kappa shape index (κ2) is 14.7. The van der Waals surface area contributed by atoms with E-state index >= 15 is 0 Å². The van der Waals surface area contributed by atoms with E-state index in [0.29, 0.717) is 39.8 Å². The third-order valence-electron chi connectivity index (χ3n) is 10.0. The zero-order valence-electron chi connectivity index (χ0n) is 29.8.